The second kappa shape index (κ2) is 24.6. The lowest BCUT2D eigenvalue weighted by atomic mass is 9.70. The second-order valence-electron chi connectivity index (χ2n) is 11.1. The van der Waals surface area contributed by atoms with Crippen molar-refractivity contribution >= 4 is 0 Å². The zero-order valence-electron chi connectivity index (χ0n) is 24.3. The van der Waals surface area contributed by atoms with Gasteiger partial charge in [0.1, 0.15) is 0 Å². The highest BCUT2D eigenvalue weighted by Gasteiger charge is 2.29. The van der Waals surface area contributed by atoms with Crippen molar-refractivity contribution in [2.45, 2.75) is 162 Å². The van der Waals surface area contributed by atoms with E-state index < -0.39 is 0 Å². The van der Waals surface area contributed by atoms with Crippen molar-refractivity contribution in [3.8, 4) is 6.07 Å². The summed E-state index contributed by atoms with van der Waals surface area (Å²) in [6.45, 7) is 18.2. The SMILES string of the molecule is C=C(CCCCCCCCC)C(C)(CCCCCCNCCC#N)C(=C)CCCCCCCCC. The summed E-state index contributed by atoms with van der Waals surface area (Å²) in [5.41, 5.74) is 2.99. The lowest BCUT2D eigenvalue weighted by Gasteiger charge is -2.35. The molecule has 0 fully saturated rings. The van der Waals surface area contributed by atoms with Gasteiger partial charge in [0, 0.05) is 18.4 Å². The van der Waals surface area contributed by atoms with Crippen LogP contribution in [0.25, 0.3) is 0 Å². The molecule has 0 heterocycles. The van der Waals surface area contributed by atoms with Crippen molar-refractivity contribution in [1.29, 1.82) is 5.26 Å². The Morgan fingerprint density at radius 2 is 1.06 bits per heavy atom. The van der Waals surface area contributed by atoms with Crippen LogP contribution in [-0.4, -0.2) is 13.1 Å². The quantitative estimate of drug-likeness (QED) is 0.0925. The first kappa shape index (κ1) is 33.9. The van der Waals surface area contributed by atoms with E-state index in [9.17, 15) is 0 Å². The highest BCUT2D eigenvalue weighted by atomic mass is 14.8. The van der Waals surface area contributed by atoms with Gasteiger partial charge in [-0.15, -0.1) is 0 Å². The summed E-state index contributed by atoms with van der Waals surface area (Å²) < 4.78 is 0. The molecule has 1 N–H and O–H groups in total. The van der Waals surface area contributed by atoms with E-state index in [2.05, 4.69) is 45.3 Å². The van der Waals surface area contributed by atoms with E-state index >= 15 is 0 Å². The van der Waals surface area contributed by atoms with Crippen LogP contribution in [0.4, 0.5) is 0 Å². The zero-order chi connectivity index (χ0) is 26.0. The third-order valence-corrected chi connectivity index (χ3v) is 7.92. The summed E-state index contributed by atoms with van der Waals surface area (Å²) in [6, 6.07) is 2.20. The number of hydrogen-bond acceptors (Lipinski definition) is 2. The fraction of sp³-hybridized carbons (Fsp3) is 0.848. The number of allylic oxidation sites excluding steroid dienone is 2. The van der Waals surface area contributed by atoms with E-state index in [4.69, 9.17) is 5.26 Å². The molecule has 0 radical (unpaired) electrons. The molecule has 0 saturated heterocycles. The third-order valence-electron chi connectivity index (χ3n) is 7.92. The van der Waals surface area contributed by atoms with Crippen LogP contribution in [0.1, 0.15) is 162 Å². The predicted octanol–water partition coefficient (Wildman–Crippen LogP) is 10.8. The fourth-order valence-corrected chi connectivity index (χ4v) is 5.10. The normalized spacial score (nSPS) is 11.5. The van der Waals surface area contributed by atoms with Gasteiger partial charge in [0.15, 0.2) is 0 Å². The maximum Gasteiger partial charge on any atom is 0.0635 e. The molecular formula is C33H62N2. The van der Waals surface area contributed by atoms with Crippen molar-refractivity contribution in [3.05, 3.63) is 24.3 Å². The van der Waals surface area contributed by atoms with Gasteiger partial charge in [-0.1, -0.05) is 141 Å². The monoisotopic (exact) mass is 486 g/mol. The lowest BCUT2D eigenvalue weighted by molar-refractivity contribution is 0.380. The molecule has 35 heavy (non-hydrogen) atoms. The molecule has 0 unspecified atom stereocenters. The topological polar surface area (TPSA) is 35.8 Å². The smallest absolute Gasteiger partial charge is 0.0635 e. The van der Waals surface area contributed by atoms with Crippen molar-refractivity contribution in [2.75, 3.05) is 13.1 Å². The Balaban J connectivity index is 4.49. The molecule has 0 aromatic carbocycles. The van der Waals surface area contributed by atoms with Crippen LogP contribution in [0.3, 0.4) is 0 Å². The molecule has 0 saturated carbocycles. The molecule has 0 aromatic rings. The lowest BCUT2D eigenvalue weighted by Crippen LogP contribution is -2.22. The van der Waals surface area contributed by atoms with Gasteiger partial charge in [0.05, 0.1) is 6.07 Å². The van der Waals surface area contributed by atoms with Crippen LogP contribution >= 0.6 is 0 Å². The average Bonchev–Trinajstić information content (AvgIpc) is 2.86. The third kappa shape index (κ3) is 18.8. The molecule has 0 aliphatic heterocycles. The molecule has 0 aromatic heterocycles. The Kier molecular flexibility index (Phi) is 23.9. The molecule has 0 rings (SSSR count). The molecule has 0 aliphatic rings. The van der Waals surface area contributed by atoms with Crippen LogP contribution in [-0.2, 0) is 0 Å². The van der Waals surface area contributed by atoms with Gasteiger partial charge < -0.3 is 5.32 Å². The highest BCUT2D eigenvalue weighted by molar-refractivity contribution is 5.24. The number of rotatable bonds is 27. The van der Waals surface area contributed by atoms with Gasteiger partial charge in [-0.05, 0) is 45.1 Å². The Labute approximate surface area is 221 Å². The summed E-state index contributed by atoms with van der Waals surface area (Å²) in [6.07, 6.45) is 28.2. The van der Waals surface area contributed by atoms with Crippen molar-refractivity contribution in [1.82, 2.24) is 5.32 Å². The number of nitriles is 1. The maximum atomic E-state index is 8.62. The van der Waals surface area contributed by atoms with Gasteiger partial charge in [-0.2, -0.15) is 5.26 Å². The molecule has 0 aliphatic carbocycles. The Morgan fingerprint density at radius 3 is 1.54 bits per heavy atom. The van der Waals surface area contributed by atoms with E-state index in [0.29, 0.717) is 6.42 Å². The number of hydrogen-bond donors (Lipinski definition) is 1. The minimum atomic E-state index is 0.107. The summed E-state index contributed by atoms with van der Waals surface area (Å²) in [4.78, 5) is 0. The number of nitrogens with zero attached hydrogens (tertiary/aromatic N) is 1. The summed E-state index contributed by atoms with van der Waals surface area (Å²) in [7, 11) is 0. The molecule has 2 nitrogen and oxygen atoms in total. The van der Waals surface area contributed by atoms with Gasteiger partial charge in [-0.25, -0.2) is 0 Å². The second-order valence-corrected chi connectivity index (χ2v) is 11.1. The minimum absolute atomic E-state index is 0.107. The van der Waals surface area contributed by atoms with E-state index in [1.807, 2.05) is 0 Å². The first-order valence-corrected chi connectivity index (χ1v) is 15.5. The van der Waals surface area contributed by atoms with Crippen molar-refractivity contribution in [2.24, 2.45) is 5.41 Å². The molecule has 0 bridgehead atoms. The summed E-state index contributed by atoms with van der Waals surface area (Å²) in [5.74, 6) is 0. The Hall–Kier alpha value is -1.07. The minimum Gasteiger partial charge on any atom is -0.316 e. The fourth-order valence-electron chi connectivity index (χ4n) is 5.10. The number of unbranched alkanes of at least 4 members (excludes halogenated alkanes) is 15. The summed E-state index contributed by atoms with van der Waals surface area (Å²) >= 11 is 0. The average molecular weight is 487 g/mol. The van der Waals surface area contributed by atoms with Gasteiger partial charge in [0.25, 0.3) is 0 Å². The molecule has 0 spiro atoms. The van der Waals surface area contributed by atoms with E-state index in [0.717, 1.165) is 13.1 Å². The van der Waals surface area contributed by atoms with Crippen LogP contribution in [0.2, 0.25) is 0 Å². The van der Waals surface area contributed by atoms with Crippen molar-refractivity contribution in [3.63, 3.8) is 0 Å². The van der Waals surface area contributed by atoms with E-state index in [1.165, 1.54) is 146 Å². The Morgan fingerprint density at radius 1 is 0.629 bits per heavy atom. The van der Waals surface area contributed by atoms with Crippen LogP contribution in [0.5, 0.6) is 0 Å². The Bertz CT molecular complexity index is 512. The standard InChI is InChI=1S/C33H62N2/c1-6-8-10-12-14-16-20-25-31(3)33(5,27-22-18-19-23-29-35-30-24-28-34)32(4)26-21-17-15-13-11-9-7-2/h35H,3-4,6-27,29-30H2,1-2,5H3. The predicted molar refractivity (Wildman–Crippen MR) is 158 cm³/mol. The van der Waals surface area contributed by atoms with Crippen LogP contribution in [0, 0.1) is 16.7 Å². The molecule has 2 heteroatoms. The number of nitrogens with one attached hydrogen (secondary N) is 1. The van der Waals surface area contributed by atoms with E-state index in [1.54, 1.807) is 0 Å². The molecular weight excluding hydrogens is 424 g/mol. The molecule has 0 amide bonds. The molecule has 0 atom stereocenters. The first-order valence-electron chi connectivity index (χ1n) is 15.5. The summed E-state index contributed by atoms with van der Waals surface area (Å²) in [5, 5.41) is 12.0. The highest BCUT2D eigenvalue weighted by Crippen LogP contribution is 2.43. The largest absolute Gasteiger partial charge is 0.316 e. The first-order chi connectivity index (χ1) is 17.0. The van der Waals surface area contributed by atoms with Crippen LogP contribution in [0.15, 0.2) is 24.3 Å². The van der Waals surface area contributed by atoms with Gasteiger partial charge in [-0.3, -0.25) is 0 Å². The van der Waals surface area contributed by atoms with Gasteiger partial charge in [0.2, 0.25) is 0 Å². The van der Waals surface area contributed by atoms with Crippen LogP contribution < -0.4 is 5.32 Å². The van der Waals surface area contributed by atoms with Crippen molar-refractivity contribution < 1.29 is 0 Å². The molecule has 204 valence electrons. The zero-order valence-corrected chi connectivity index (χ0v) is 24.3. The van der Waals surface area contributed by atoms with Gasteiger partial charge >= 0.3 is 0 Å². The maximum absolute atomic E-state index is 8.62. The van der Waals surface area contributed by atoms with E-state index in [-0.39, 0.29) is 5.41 Å².